The maximum atomic E-state index is 12.0. The van der Waals surface area contributed by atoms with Crippen molar-refractivity contribution in [2.45, 2.75) is 0 Å². The lowest BCUT2D eigenvalue weighted by Crippen LogP contribution is -2.00. The third-order valence-electron chi connectivity index (χ3n) is 2.74. The van der Waals surface area contributed by atoms with E-state index >= 15 is 0 Å². The van der Waals surface area contributed by atoms with Gasteiger partial charge in [0, 0.05) is 6.07 Å². The van der Waals surface area contributed by atoms with Crippen molar-refractivity contribution in [1.82, 2.24) is 0 Å². The molecule has 2 aromatic carbocycles. The zero-order valence-corrected chi connectivity index (χ0v) is 12.1. The summed E-state index contributed by atoms with van der Waals surface area (Å²) in [4.78, 5) is 22.3. The molecule has 0 aromatic heterocycles. The van der Waals surface area contributed by atoms with Gasteiger partial charge in [-0.3, -0.25) is 14.9 Å². The lowest BCUT2D eigenvalue weighted by atomic mass is 10.1. The Labute approximate surface area is 130 Å². The zero-order chi connectivity index (χ0) is 15.4. The molecule has 0 bridgehead atoms. The number of rotatable bonds is 4. The second-order valence-electron chi connectivity index (χ2n) is 4.15. The van der Waals surface area contributed by atoms with Crippen molar-refractivity contribution in [1.29, 1.82) is 0 Å². The number of nitro groups is 1. The van der Waals surface area contributed by atoms with E-state index in [0.29, 0.717) is 15.6 Å². The third-order valence-corrected chi connectivity index (χ3v) is 3.48. The van der Waals surface area contributed by atoms with Crippen molar-refractivity contribution in [3.8, 4) is 0 Å². The van der Waals surface area contributed by atoms with Crippen LogP contribution in [0.5, 0.6) is 0 Å². The predicted molar refractivity (Wildman–Crippen MR) is 82.9 cm³/mol. The zero-order valence-electron chi connectivity index (χ0n) is 10.6. The minimum absolute atomic E-state index is 0.0406. The van der Waals surface area contributed by atoms with E-state index in [1.807, 2.05) is 0 Å². The Kier molecular flexibility index (Phi) is 4.73. The number of carbonyl (C=O) groups excluding carboxylic acids is 1. The largest absolute Gasteiger partial charge is 0.289 e. The average molecular weight is 322 g/mol. The molecule has 0 N–H and O–H groups in total. The molecule has 0 aliphatic carbocycles. The summed E-state index contributed by atoms with van der Waals surface area (Å²) in [5.41, 5.74) is 0.497. The van der Waals surface area contributed by atoms with Crippen LogP contribution in [0.2, 0.25) is 10.0 Å². The fourth-order valence-corrected chi connectivity index (χ4v) is 2.03. The summed E-state index contributed by atoms with van der Waals surface area (Å²) in [5.74, 6) is -0.451. The number of halogens is 2. The van der Waals surface area contributed by atoms with Crippen molar-refractivity contribution >= 4 is 40.7 Å². The molecule has 0 saturated carbocycles. The number of hydrogen-bond donors (Lipinski definition) is 0. The van der Waals surface area contributed by atoms with Crippen LogP contribution in [-0.2, 0) is 0 Å². The van der Waals surface area contributed by atoms with Crippen LogP contribution in [0.25, 0.3) is 6.08 Å². The second-order valence-corrected chi connectivity index (χ2v) is 4.96. The molecule has 0 aliphatic rings. The summed E-state index contributed by atoms with van der Waals surface area (Å²) in [7, 11) is 0. The first-order valence-corrected chi connectivity index (χ1v) is 6.65. The van der Waals surface area contributed by atoms with Gasteiger partial charge < -0.3 is 0 Å². The van der Waals surface area contributed by atoms with Crippen molar-refractivity contribution < 1.29 is 9.72 Å². The Morgan fingerprint density at radius 3 is 2.48 bits per heavy atom. The van der Waals surface area contributed by atoms with Crippen LogP contribution in [0.1, 0.15) is 15.9 Å². The van der Waals surface area contributed by atoms with Crippen molar-refractivity contribution in [3.05, 3.63) is 79.8 Å². The first-order valence-electron chi connectivity index (χ1n) is 5.90. The van der Waals surface area contributed by atoms with E-state index in [0.717, 1.165) is 0 Å². The van der Waals surface area contributed by atoms with Crippen LogP contribution in [0.15, 0.2) is 48.5 Å². The molecule has 0 unspecified atom stereocenters. The fourth-order valence-electron chi connectivity index (χ4n) is 1.72. The summed E-state index contributed by atoms with van der Waals surface area (Å²) >= 11 is 11.7. The molecule has 0 saturated heterocycles. The summed E-state index contributed by atoms with van der Waals surface area (Å²) in [6.45, 7) is 0. The highest BCUT2D eigenvalue weighted by molar-refractivity contribution is 6.42. The van der Waals surface area contributed by atoms with E-state index < -0.39 is 10.7 Å². The summed E-state index contributed by atoms with van der Waals surface area (Å²) in [6, 6.07) is 10.7. The van der Waals surface area contributed by atoms with Crippen LogP contribution >= 0.6 is 23.2 Å². The monoisotopic (exact) mass is 321 g/mol. The Hall–Kier alpha value is -2.17. The Bertz CT molecular complexity index is 741. The van der Waals surface area contributed by atoms with Gasteiger partial charge in [-0.05, 0) is 29.8 Å². The minimum atomic E-state index is -0.583. The van der Waals surface area contributed by atoms with Gasteiger partial charge in [0.2, 0.25) is 0 Å². The molecule has 106 valence electrons. The Morgan fingerprint density at radius 1 is 1.10 bits per heavy atom. The number of allylic oxidation sites excluding steroid dienone is 1. The number of nitrogens with zero attached hydrogens (tertiary/aromatic N) is 1. The molecular formula is C15H9Cl2NO3. The van der Waals surface area contributed by atoms with Gasteiger partial charge in [0.25, 0.3) is 5.69 Å². The highest BCUT2D eigenvalue weighted by Crippen LogP contribution is 2.23. The lowest BCUT2D eigenvalue weighted by Gasteiger charge is -1.99. The van der Waals surface area contributed by atoms with Crippen molar-refractivity contribution in [2.24, 2.45) is 0 Å². The maximum absolute atomic E-state index is 12.0. The molecule has 0 amide bonds. The van der Waals surface area contributed by atoms with Crippen LogP contribution in [-0.4, -0.2) is 10.7 Å². The first kappa shape index (κ1) is 15.2. The highest BCUT2D eigenvalue weighted by atomic mass is 35.5. The average Bonchev–Trinajstić information content (AvgIpc) is 2.48. The molecule has 0 aliphatic heterocycles. The number of ketones is 1. The predicted octanol–water partition coefficient (Wildman–Crippen LogP) is 4.80. The molecule has 4 nitrogen and oxygen atoms in total. The molecule has 0 heterocycles. The topological polar surface area (TPSA) is 60.2 Å². The Morgan fingerprint density at radius 2 is 1.81 bits per heavy atom. The van der Waals surface area contributed by atoms with Gasteiger partial charge in [0.05, 0.1) is 20.5 Å². The molecule has 0 atom stereocenters. The Balaban J connectivity index is 2.27. The molecule has 0 spiro atoms. The number of nitro benzene ring substituents is 1. The van der Waals surface area contributed by atoms with Crippen LogP contribution in [0, 0.1) is 10.1 Å². The van der Waals surface area contributed by atoms with Gasteiger partial charge >= 0.3 is 0 Å². The van der Waals surface area contributed by atoms with Crippen LogP contribution in [0.4, 0.5) is 5.69 Å². The molecule has 2 rings (SSSR count). The van der Waals surface area contributed by atoms with Gasteiger partial charge in [-0.1, -0.05) is 47.5 Å². The normalized spacial score (nSPS) is 10.8. The third kappa shape index (κ3) is 3.68. The lowest BCUT2D eigenvalue weighted by molar-refractivity contribution is -0.385. The van der Waals surface area contributed by atoms with E-state index in [4.69, 9.17) is 23.2 Å². The maximum Gasteiger partial charge on any atom is 0.280 e. The van der Waals surface area contributed by atoms with E-state index in [1.54, 1.807) is 24.3 Å². The van der Waals surface area contributed by atoms with E-state index in [9.17, 15) is 14.9 Å². The van der Waals surface area contributed by atoms with E-state index in [-0.39, 0.29) is 11.3 Å². The second kappa shape index (κ2) is 6.52. The van der Waals surface area contributed by atoms with E-state index in [2.05, 4.69) is 0 Å². The SMILES string of the molecule is O=C(/C=C\c1ccc(Cl)c(Cl)c1)c1ccccc1[N+](=O)[O-]. The minimum Gasteiger partial charge on any atom is -0.289 e. The molecule has 2 aromatic rings. The summed E-state index contributed by atoms with van der Waals surface area (Å²) in [5, 5.41) is 11.7. The van der Waals surface area contributed by atoms with Crippen molar-refractivity contribution in [3.63, 3.8) is 0 Å². The summed E-state index contributed by atoms with van der Waals surface area (Å²) < 4.78 is 0. The highest BCUT2D eigenvalue weighted by Gasteiger charge is 2.16. The van der Waals surface area contributed by atoms with Crippen LogP contribution < -0.4 is 0 Å². The van der Waals surface area contributed by atoms with Gasteiger partial charge in [-0.2, -0.15) is 0 Å². The van der Waals surface area contributed by atoms with E-state index in [1.165, 1.54) is 30.4 Å². The van der Waals surface area contributed by atoms with Gasteiger partial charge in [-0.25, -0.2) is 0 Å². The standard InChI is InChI=1S/C15H9Cl2NO3/c16-12-7-5-10(9-13(12)17)6-8-15(19)11-3-1-2-4-14(11)18(20)21/h1-9H/b8-6-. The molecular weight excluding hydrogens is 313 g/mol. The first-order chi connectivity index (χ1) is 9.99. The van der Waals surface area contributed by atoms with Gasteiger partial charge in [0.1, 0.15) is 0 Å². The molecule has 21 heavy (non-hydrogen) atoms. The van der Waals surface area contributed by atoms with Gasteiger partial charge in [-0.15, -0.1) is 0 Å². The quantitative estimate of drug-likeness (QED) is 0.352. The molecule has 0 radical (unpaired) electrons. The molecule has 6 heteroatoms. The smallest absolute Gasteiger partial charge is 0.280 e. The number of para-hydroxylation sites is 1. The van der Waals surface area contributed by atoms with Crippen molar-refractivity contribution in [2.75, 3.05) is 0 Å². The molecule has 0 fully saturated rings. The summed E-state index contributed by atoms with van der Waals surface area (Å²) in [6.07, 6.45) is 2.79. The van der Waals surface area contributed by atoms with Crippen LogP contribution in [0.3, 0.4) is 0 Å². The number of carbonyl (C=O) groups is 1. The fraction of sp³-hybridized carbons (Fsp3) is 0. The number of benzene rings is 2. The van der Waals surface area contributed by atoms with Gasteiger partial charge in [0.15, 0.2) is 5.78 Å². The number of hydrogen-bond acceptors (Lipinski definition) is 3.